The monoisotopic (exact) mass is 288 g/mol. The van der Waals surface area contributed by atoms with E-state index in [1.807, 2.05) is 0 Å². The van der Waals surface area contributed by atoms with Crippen LogP contribution in [0.4, 0.5) is 4.39 Å². The standard InChI is InChI=1S/C12H16FNO4S/c1-3-11(14-19(17)18)9-5-4-8(6-10(9)13)7(2)12(15)16/h4-7,11,14H,3H2,1-2H3,(H,15,16)(H,17,18)/p-1. The van der Waals surface area contributed by atoms with Crippen LogP contribution in [0.5, 0.6) is 0 Å². The highest BCUT2D eigenvalue weighted by Crippen LogP contribution is 2.24. The van der Waals surface area contributed by atoms with Crippen LogP contribution >= 0.6 is 0 Å². The summed E-state index contributed by atoms with van der Waals surface area (Å²) in [6.07, 6.45) is 0.388. The van der Waals surface area contributed by atoms with Crippen molar-refractivity contribution in [2.45, 2.75) is 32.2 Å². The van der Waals surface area contributed by atoms with Crippen molar-refractivity contribution in [1.29, 1.82) is 0 Å². The molecule has 0 spiro atoms. The van der Waals surface area contributed by atoms with Gasteiger partial charge in [0.1, 0.15) is 5.82 Å². The smallest absolute Gasteiger partial charge is 0.310 e. The lowest BCUT2D eigenvalue weighted by Crippen LogP contribution is -2.23. The molecule has 0 aliphatic carbocycles. The fourth-order valence-electron chi connectivity index (χ4n) is 1.72. The molecule has 106 valence electrons. The van der Waals surface area contributed by atoms with Crippen molar-refractivity contribution in [3.63, 3.8) is 0 Å². The van der Waals surface area contributed by atoms with E-state index in [4.69, 9.17) is 5.11 Å². The fraction of sp³-hybridized carbons (Fsp3) is 0.417. The number of nitrogens with one attached hydrogen (secondary N) is 1. The Morgan fingerprint density at radius 1 is 1.58 bits per heavy atom. The molecule has 1 aromatic rings. The molecule has 2 N–H and O–H groups in total. The largest absolute Gasteiger partial charge is 0.760 e. The van der Waals surface area contributed by atoms with Crippen molar-refractivity contribution in [2.75, 3.05) is 0 Å². The fourth-order valence-corrected chi connectivity index (χ4v) is 2.25. The molecular formula is C12H15FNO4S-. The van der Waals surface area contributed by atoms with E-state index in [1.165, 1.54) is 19.1 Å². The molecule has 0 saturated carbocycles. The van der Waals surface area contributed by atoms with E-state index in [0.717, 1.165) is 6.07 Å². The van der Waals surface area contributed by atoms with Gasteiger partial charge >= 0.3 is 5.97 Å². The minimum atomic E-state index is -2.49. The minimum absolute atomic E-state index is 0.202. The van der Waals surface area contributed by atoms with Crippen LogP contribution in [-0.4, -0.2) is 19.8 Å². The summed E-state index contributed by atoms with van der Waals surface area (Å²) in [5.74, 6) is -2.47. The molecule has 0 radical (unpaired) electrons. The molecule has 0 saturated heterocycles. The number of benzene rings is 1. The van der Waals surface area contributed by atoms with Gasteiger partial charge < -0.3 is 9.66 Å². The van der Waals surface area contributed by atoms with Crippen LogP contribution in [0.25, 0.3) is 0 Å². The summed E-state index contributed by atoms with van der Waals surface area (Å²) in [5, 5.41) is 8.85. The van der Waals surface area contributed by atoms with E-state index < -0.39 is 35.0 Å². The van der Waals surface area contributed by atoms with Gasteiger partial charge in [0.05, 0.1) is 5.92 Å². The van der Waals surface area contributed by atoms with Crippen molar-refractivity contribution in [2.24, 2.45) is 0 Å². The van der Waals surface area contributed by atoms with Crippen LogP contribution in [0.15, 0.2) is 18.2 Å². The molecule has 3 atom stereocenters. The summed E-state index contributed by atoms with van der Waals surface area (Å²) >= 11 is -2.49. The van der Waals surface area contributed by atoms with Crippen molar-refractivity contribution in [1.82, 2.24) is 4.72 Å². The molecule has 0 aliphatic heterocycles. The van der Waals surface area contributed by atoms with Gasteiger partial charge in [-0.3, -0.25) is 9.00 Å². The molecule has 1 rings (SSSR count). The molecule has 0 aromatic heterocycles. The first kappa shape index (κ1) is 15.7. The lowest BCUT2D eigenvalue weighted by atomic mass is 9.97. The summed E-state index contributed by atoms with van der Waals surface area (Å²) < 4.78 is 37.4. The Morgan fingerprint density at radius 2 is 2.21 bits per heavy atom. The summed E-state index contributed by atoms with van der Waals surface area (Å²) in [4.78, 5) is 10.8. The number of aliphatic carboxylic acids is 1. The van der Waals surface area contributed by atoms with Gasteiger partial charge in [0.15, 0.2) is 0 Å². The first-order chi connectivity index (χ1) is 8.86. The van der Waals surface area contributed by atoms with Crippen LogP contribution in [0.1, 0.15) is 43.4 Å². The minimum Gasteiger partial charge on any atom is -0.760 e. The molecule has 3 unspecified atom stereocenters. The maximum Gasteiger partial charge on any atom is 0.310 e. The Morgan fingerprint density at radius 3 is 2.63 bits per heavy atom. The zero-order valence-corrected chi connectivity index (χ0v) is 11.4. The lowest BCUT2D eigenvalue weighted by Gasteiger charge is -2.20. The van der Waals surface area contributed by atoms with Gasteiger partial charge in [-0.1, -0.05) is 19.1 Å². The van der Waals surface area contributed by atoms with Crippen LogP contribution in [0, 0.1) is 5.82 Å². The number of halogens is 1. The number of rotatable bonds is 6. The maximum atomic E-state index is 13.9. The molecule has 0 amide bonds. The summed E-state index contributed by atoms with van der Waals surface area (Å²) in [7, 11) is 0. The van der Waals surface area contributed by atoms with Crippen molar-refractivity contribution in [3.05, 3.63) is 35.1 Å². The van der Waals surface area contributed by atoms with Crippen molar-refractivity contribution in [3.8, 4) is 0 Å². The predicted molar refractivity (Wildman–Crippen MR) is 67.5 cm³/mol. The van der Waals surface area contributed by atoms with Crippen LogP contribution in [0.3, 0.4) is 0 Å². The lowest BCUT2D eigenvalue weighted by molar-refractivity contribution is -0.138. The van der Waals surface area contributed by atoms with Crippen molar-refractivity contribution >= 4 is 17.2 Å². The molecule has 7 heteroatoms. The van der Waals surface area contributed by atoms with Crippen LogP contribution < -0.4 is 4.72 Å². The molecule has 19 heavy (non-hydrogen) atoms. The van der Waals surface area contributed by atoms with E-state index in [2.05, 4.69) is 4.72 Å². The van der Waals surface area contributed by atoms with E-state index >= 15 is 0 Å². The SMILES string of the molecule is CCC(NS(=O)[O-])c1ccc(C(C)C(=O)O)cc1F. The van der Waals surface area contributed by atoms with Gasteiger partial charge in [-0.25, -0.2) is 9.11 Å². The Bertz CT molecular complexity index is 495. The van der Waals surface area contributed by atoms with Gasteiger partial charge in [0.2, 0.25) is 0 Å². The molecular weight excluding hydrogens is 273 g/mol. The first-order valence-electron chi connectivity index (χ1n) is 5.74. The Hall–Kier alpha value is -1.31. The van der Waals surface area contributed by atoms with Crippen LogP contribution in [0.2, 0.25) is 0 Å². The van der Waals surface area contributed by atoms with Crippen LogP contribution in [-0.2, 0) is 16.1 Å². The number of hydrogen-bond donors (Lipinski definition) is 2. The first-order valence-corrected chi connectivity index (χ1v) is 6.81. The van der Waals surface area contributed by atoms with Gasteiger partial charge in [-0.15, -0.1) is 0 Å². The average Bonchev–Trinajstić information content (AvgIpc) is 2.34. The number of carbonyl (C=O) groups is 1. The summed E-state index contributed by atoms with van der Waals surface area (Å²) in [5.41, 5.74) is 0.542. The second kappa shape index (κ2) is 6.74. The highest BCUT2D eigenvalue weighted by molar-refractivity contribution is 7.77. The Labute approximate surface area is 113 Å². The molecule has 0 heterocycles. The van der Waals surface area contributed by atoms with Gasteiger partial charge in [-0.05, 0) is 25.0 Å². The Balaban J connectivity index is 3.05. The second-order valence-corrected chi connectivity index (χ2v) is 4.86. The van der Waals surface area contributed by atoms with Crippen molar-refractivity contribution < 1.29 is 23.1 Å². The van der Waals surface area contributed by atoms with E-state index in [9.17, 15) is 17.9 Å². The topological polar surface area (TPSA) is 89.5 Å². The normalized spacial score (nSPS) is 15.8. The maximum absolute atomic E-state index is 13.9. The molecule has 0 bridgehead atoms. The summed E-state index contributed by atoms with van der Waals surface area (Å²) in [6.45, 7) is 3.18. The zero-order chi connectivity index (χ0) is 14.6. The van der Waals surface area contributed by atoms with Gasteiger partial charge in [0, 0.05) is 22.9 Å². The third-order valence-electron chi connectivity index (χ3n) is 2.92. The highest BCUT2D eigenvalue weighted by Gasteiger charge is 2.18. The molecule has 0 fully saturated rings. The van der Waals surface area contributed by atoms with Gasteiger partial charge in [-0.2, -0.15) is 0 Å². The second-order valence-electron chi connectivity index (χ2n) is 4.15. The number of hydrogen-bond acceptors (Lipinski definition) is 3. The quantitative estimate of drug-likeness (QED) is 0.782. The summed E-state index contributed by atoms with van der Waals surface area (Å²) in [6, 6.07) is 3.38. The van der Waals surface area contributed by atoms with E-state index in [-0.39, 0.29) is 5.56 Å². The molecule has 0 aliphatic rings. The zero-order valence-electron chi connectivity index (χ0n) is 10.6. The third kappa shape index (κ3) is 4.09. The predicted octanol–water partition coefficient (Wildman–Crippen LogP) is 1.85. The molecule has 1 aromatic carbocycles. The molecule has 5 nitrogen and oxygen atoms in total. The average molecular weight is 288 g/mol. The van der Waals surface area contributed by atoms with Gasteiger partial charge in [0.25, 0.3) is 0 Å². The third-order valence-corrected chi connectivity index (χ3v) is 3.39. The highest BCUT2D eigenvalue weighted by atomic mass is 32.2. The number of carboxylic acids is 1. The number of carboxylic acid groups (broad SMARTS) is 1. The Kier molecular flexibility index (Phi) is 5.59. The van der Waals surface area contributed by atoms with E-state index in [0.29, 0.717) is 12.0 Å². The van der Waals surface area contributed by atoms with E-state index in [1.54, 1.807) is 6.92 Å².